The van der Waals surface area contributed by atoms with E-state index >= 15 is 0 Å². The number of hydrogen-bond donors (Lipinski definition) is 1. The van der Waals surface area contributed by atoms with Crippen LogP contribution in [-0.4, -0.2) is 26.4 Å². The van der Waals surface area contributed by atoms with Gasteiger partial charge in [-0.15, -0.1) is 21.5 Å². The molecule has 0 spiro atoms. The lowest BCUT2D eigenvalue weighted by Crippen LogP contribution is -2.24. The van der Waals surface area contributed by atoms with Gasteiger partial charge in [-0.1, -0.05) is 37.1 Å². The molecular weight excluding hydrogens is 328 g/mol. The van der Waals surface area contributed by atoms with Crippen LogP contribution < -0.4 is 5.32 Å². The number of nitrogens with one attached hydrogen (secondary N) is 1. The second kappa shape index (κ2) is 7.97. The van der Waals surface area contributed by atoms with Crippen molar-refractivity contribution in [1.29, 1.82) is 0 Å². The summed E-state index contributed by atoms with van der Waals surface area (Å²) in [5.41, 5.74) is 0. The smallest absolute Gasteiger partial charge is 0.230 e. The third kappa shape index (κ3) is 4.35. The standard InChI is InChI=1S/C16H22N4OS2/c1-20-15(12-6-3-2-4-7-12)18-19-16(20)23-11-14(21)17-10-13-8-5-9-22-13/h5,8-9,12H,2-4,6-7,10-11H2,1H3,(H,17,21). The first-order chi connectivity index (χ1) is 11.2. The molecule has 1 aliphatic carbocycles. The van der Waals surface area contributed by atoms with Crippen molar-refractivity contribution in [3.63, 3.8) is 0 Å². The number of aromatic nitrogens is 3. The van der Waals surface area contributed by atoms with Gasteiger partial charge in [0.1, 0.15) is 5.82 Å². The normalized spacial score (nSPS) is 15.7. The summed E-state index contributed by atoms with van der Waals surface area (Å²) in [6.07, 6.45) is 6.31. The van der Waals surface area contributed by atoms with Crippen molar-refractivity contribution in [2.45, 2.75) is 49.7 Å². The number of carbonyl (C=O) groups is 1. The van der Waals surface area contributed by atoms with E-state index in [1.165, 1.54) is 48.7 Å². The van der Waals surface area contributed by atoms with Crippen LogP contribution in [0.3, 0.4) is 0 Å². The summed E-state index contributed by atoms with van der Waals surface area (Å²) in [6.45, 7) is 0.600. The van der Waals surface area contributed by atoms with Crippen molar-refractivity contribution in [3.05, 3.63) is 28.2 Å². The van der Waals surface area contributed by atoms with Gasteiger partial charge >= 0.3 is 0 Å². The zero-order valence-electron chi connectivity index (χ0n) is 13.3. The molecule has 7 heteroatoms. The minimum atomic E-state index is 0.0330. The third-order valence-corrected chi connectivity index (χ3v) is 6.11. The van der Waals surface area contributed by atoms with E-state index in [-0.39, 0.29) is 5.91 Å². The van der Waals surface area contributed by atoms with E-state index in [2.05, 4.69) is 20.1 Å². The minimum Gasteiger partial charge on any atom is -0.350 e. The fourth-order valence-electron chi connectivity index (χ4n) is 2.95. The maximum absolute atomic E-state index is 11.9. The van der Waals surface area contributed by atoms with Gasteiger partial charge in [0.15, 0.2) is 5.16 Å². The number of thioether (sulfide) groups is 1. The highest BCUT2D eigenvalue weighted by atomic mass is 32.2. The van der Waals surface area contributed by atoms with Gasteiger partial charge in [0.05, 0.1) is 12.3 Å². The molecule has 2 heterocycles. The van der Waals surface area contributed by atoms with E-state index in [1.807, 2.05) is 24.6 Å². The van der Waals surface area contributed by atoms with E-state index in [9.17, 15) is 4.79 Å². The molecule has 0 unspecified atom stereocenters. The summed E-state index contributed by atoms with van der Waals surface area (Å²) in [6, 6.07) is 4.02. The molecule has 3 rings (SSSR count). The van der Waals surface area contributed by atoms with Gasteiger partial charge in [0.2, 0.25) is 5.91 Å². The van der Waals surface area contributed by atoms with Gasteiger partial charge in [-0.2, -0.15) is 0 Å². The molecule has 0 bridgehead atoms. The second-order valence-corrected chi connectivity index (χ2v) is 7.85. The maximum atomic E-state index is 11.9. The highest BCUT2D eigenvalue weighted by Crippen LogP contribution is 2.32. The molecule has 1 saturated carbocycles. The molecule has 0 aliphatic heterocycles. The molecule has 0 atom stereocenters. The molecule has 1 fully saturated rings. The van der Waals surface area contributed by atoms with Crippen molar-refractivity contribution < 1.29 is 4.79 Å². The van der Waals surface area contributed by atoms with Crippen LogP contribution in [0, 0.1) is 0 Å². The summed E-state index contributed by atoms with van der Waals surface area (Å²) >= 11 is 3.11. The molecule has 0 radical (unpaired) electrons. The zero-order valence-corrected chi connectivity index (χ0v) is 15.0. The number of nitrogens with zero attached hydrogens (tertiary/aromatic N) is 3. The average molecular weight is 351 g/mol. The van der Waals surface area contributed by atoms with Gasteiger partial charge in [-0.05, 0) is 24.3 Å². The Morgan fingerprint density at radius 2 is 2.22 bits per heavy atom. The van der Waals surface area contributed by atoms with Crippen molar-refractivity contribution >= 4 is 29.0 Å². The number of thiophene rings is 1. The Kier molecular flexibility index (Phi) is 5.72. The molecule has 0 aromatic carbocycles. The van der Waals surface area contributed by atoms with Gasteiger partial charge in [0, 0.05) is 17.8 Å². The lowest BCUT2D eigenvalue weighted by atomic mass is 9.89. The summed E-state index contributed by atoms with van der Waals surface area (Å²) in [5.74, 6) is 2.02. The molecule has 23 heavy (non-hydrogen) atoms. The van der Waals surface area contributed by atoms with Crippen molar-refractivity contribution in [2.24, 2.45) is 7.05 Å². The Morgan fingerprint density at radius 3 is 2.96 bits per heavy atom. The van der Waals surface area contributed by atoms with Crippen LogP contribution in [0.15, 0.2) is 22.7 Å². The van der Waals surface area contributed by atoms with Crippen molar-refractivity contribution in [1.82, 2.24) is 20.1 Å². The van der Waals surface area contributed by atoms with Crippen LogP contribution in [0.5, 0.6) is 0 Å². The van der Waals surface area contributed by atoms with Crippen LogP contribution in [0.2, 0.25) is 0 Å². The molecule has 1 aliphatic rings. The van der Waals surface area contributed by atoms with Crippen LogP contribution in [-0.2, 0) is 18.4 Å². The Morgan fingerprint density at radius 1 is 1.39 bits per heavy atom. The third-order valence-electron chi connectivity index (χ3n) is 4.21. The fourth-order valence-corrected chi connectivity index (χ4v) is 4.34. The highest BCUT2D eigenvalue weighted by molar-refractivity contribution is 7.99. The largest absolute Gasteiger partial charge is 0.350 e. The fraction of sp³-hybridized carbons (Fsp3) is 0.562. The van der Waals surface area contributed by atoms with Crippen molar-refractivity contribution in [2.75, 3.05) is 5.75 Å². The van der Waals surface area contributed by atoms with E-state index < -0.39 is 0 Å². The Balaban J connectivity index is 1.50. The molecule has 1 N–H and O–H groups in total. The number of rotatable bonds is 6. The molecule has 124 valence electrons. The van der Waals surface area contributed by atoms with E-state index in [4.69, 9.17) is 0 Å². The Hall–Kier alpha value is -1.34. The summed E-state index contributed by atoms with van der Waals surface area (Å²) < 4.78 is 2.06. The van der Waals surface area contributed by atoms with Crippen LogP contribution >= 0.6 is 23.1 Å². The first-order valence-corrected chi connectivity index (χ1v) is 9.91. The first-order valence-electron chi connectivity index (χ1n) is 8.05. The topological polar surface area (TPSA) is 59.8 Å². The van der Waals surface area contributed by atoms with Gasteiger partial charge in [-0.3, -0.25) is 4.79 Å². The lowest BCUT2D eigenvalue weighted by molar-refractivity contribution is -0.118. The summed E-state index contributed by atoms with van der Waals surface area (Å²) in [7, 11) is 2.01. The predicted octanol–water partition coefficient (Wildman–Crippen LogP) is 3.33. The zero-order chi connectivity index (χ0) is 16.1. The van der Waals surface area contributed by atoms with E-state index in [0.29, 0.717) is 18.2 Å². The van der Waals surface area contributed by atoms with Gasteiger partial charge < -0.3 is 9.88 Å². The van der Waals surface area contributed by atoms with Crippen LogP contribution in [0.4, 0.5) is 0 Å². The van der Waals surface area contributed by atoms with E-state index in [0.717, 1.165) is 11.0 Å². The predicted molar refractivity (Wildman–Crippen MR) is 93.7 cm³/mol. The first kappa shape index (κ1) is 16.5. The monoisotopic (exact) mass is 350 g/mol. The van der Waals surface area contributed by atoms with Crippen molar-refractivity contribution in [3.8, 4) is 0 Å². The quantitative estimate of drug-likeness (QED) is 0.812. The molecule has 0 saturated heterocycles. The molecule has 5 nitrogen and oxygen atoms in total. The SMILES string of the molecule is Cn1c(SCC(=O)NCc2cccs2)nnc1C1CCCCC1. The number of hydrogen-bond acceptors (Lipinski definition) is 5. The lowest BCUT2D eigenvalue weighted by Gasteiger charge is -2.20. The molecule has 1 amide bonds. The Labute approximate surface area is 144 Å². The van der Waals surface area contributed by atoms with Crippen LogP contribution in [0.1, 0.15) is 48.7 Å². The van der Waals surface area contributed by atoms with Crippen LogP contribution in [0.25, 0.3) is 0 Å². The van der Waals surface area contributed by atoms with Gasteiger partial charge in [0.25, 0.3) is 0 Å². The maximum Gasteiger partial charge on any atom is 0.230 e. The molecule has 2 aromatic rings. The van der Waals surface area contributed by atoms with E-state index in [1.54, 1.807) is 11.3 Å². The Bertz CT molecular complexity index is 633. The second-order valence-electron chi connectivity index (χ2n) is 5.88. The number of carbonyl (C=O) groups excluding carboxylic acids is 1. The minimum absolute atomic E-state index is 0.0330. The number of amides is 1. The molecule has 2 aromatic heterocycles. The summed E-state index contributed by atoms with van der Waals surface area (Å²) in [5, 5.41) is 14.4. The average Bonchev–Trinajstić information content (AvgIpc) is 3.22. The van der Waals surface area contributed by atoms with Gasteiger partial charge in [-0.25, -0.2) is 0 Å². The summed E-state index contributed by atoms with van der Waals surface area (Å²) in [4.78, 5) is 13.1. The molecular formula is C16H22N4OS2. The highest BCUT2D eigenvalue weighted by Gasteiger charge is 2.22.